The van der Waals surface area contributed by atoms with Crippen LogP contribution in [0.1, 0.15) is 41.8 Å². The van der Waals surface area contributed by atoms with Gasteiger partial charge in [0.15, 0.2) is 6.54 Å². The first-order valence-electron chi connectivity index (χ1n) is 10.2. The van der Waals surface area contributed by atoms with Gasteiger partial charge in [0.25, 0.3) is 5.91 Å². The molecule has 1 unspecified atom stereocenters. The van der Waals surface area contributed by atoms with Crippen molar-refractivity contribution in [1.29, 1.82) is 0 Å². The van der Waals surface area contributed by atoms with E-state index >= 15 is 0 Å². The summed E-state index contributed by atoms with van der Waals surface area (Å²) in [6.45, 7) is 6.76. The lowest BCUT2D eigenvalue weighted by molar-refractivity contribution is -0.898. The molecule has 2 N–H and O–H groups in total. The van der Waals surface area contributed by atoms with Crippen LogP contribution < -0.4 is 10.2 Å². The minimum absolute atomic E-state index is 0.115. The molecule has 0 bridgehead atoms. The molecule has 28 heavy (non-hydrogen) atoms. The highest BCUT2D eigenvalue weighted by Crippen LogP contribution is 2.30. The summed E-state index contributed by atoms with van der Waals surface area (Å²) in [5.74, 6) is 0.572. The number of aromatic nitrogens is 1. The van der Waals surface area contributed by atoms with Crippen molar-refractivity contribution in [3.05, 3.63) is 58.6 Å². The first-order chi connectivity index (χ1) is 13.6. The number of piperidine rings is 1. The second-order valence-electron chi connectivity index (χ2n) is 7.75. The number of hydrogen-bond acceptors (Lipinski definition) is 3. The first-order valence-corrected chi connectivity index (χ1v) is 11.0. The van der Waals surface area contributed by atoms with Gasteiger partial charge in [0.1, 0.15) is 5.01 Å². The third kappa shape index (κ3) is 4.10. The van der Waals surface area contributed by atoms with Crippen molar-refractivity contribution in [3.63, 3.8) is 0 Å². The van der Waals surface area contributed by atoms with E-state index in [9.17, 15) is 4.79 Å². The summed E-state index contributed by atoms with van der Waals surface area (Å²) in [5.41, 5.74) is 4.43. The Balaban J connectivity index is 1.42. The van der Waals surface area contributed by atoms with Crippen LogP contribution in [0, 0.1) is 6.92 Å². The van der Waals surface area contributed by atoms with Gasteiger partial charge >= 0.3 is 0 Å². The molecule has 2 atom stereocenters. The Hall–Kier alpha value is -2.24. The fourth-order valence-corrected chi connectivity index (χ4v) is 5.30. The molecule has 1 amide bonds. The number of benzene rings is 2. The van der Waals surface area contributed by atoms with Gasteiger partial charge in [-0.15, -0.1) is 11.3 Å². The predicted octanol–water partition coefficient (Wildman–Crippen LogP) is 3.57. The van der Waals surface area contributed by atoms with Crippen LogP contribution in [0.15, 0.2) is 42.5 Å². The Morgan fingerprint density at radius 3 is 2.93 bits per heavy atom. The van der Waals surface area contributed by atoms with Gasteiger partial charge in [-0.05, 0) is 49.4 Å². The summed E-state index contributed by atoms with van der Waals surface area (Å²) >= 11 is 1.81. The second-order valence-corrected chi connectivity index (χ2v) is 8.81. The van der Waals surface area contributed by atoms with Gasteiger partial charge in [0.2, 0.25) is 0 Å². The van der Waals surface area contributed by atoms with Crippen molar-refractivity contribution in [2.45, 2.75) is 39.0 Å². The van der Waals surface area contributed by atoms with Crippen LogP contribution in [0.5, 0.6) is 0 Å². The SMILES string of the molecule is CCc1cccc(C)c1NC(=O)C[NH+]1CCC[C@H](c2nc3ccccc3s2)C1. The number of quaternary nitrogens is 1. The smallest absolute Gasteiger partial charge is 0.279 e. The third-order valence-electron chi connectivity index (χ3n) is 5.69. The van der Waals surface area contributed by atoms with Crippen LogP contribution in [0.25, 0.3) is 10.2 Å². The molecule has 5 heteroatoms. The normalized spacial score (nSPS) is 19.6. The number of aryl methyl sites for hydroxylation is 2. The summed E-state index contributed by atoms with van der Waals surface area (Å²) in [5, 5.41) is 4.41. The lowest BCUT2D eigenvalue weighted by Crippen LogP contribution is -3.14. The molecule has 1 aromatic heterocycles. The standard InChI is InChI=1S/C23H27N3OS/c1-3-17-9-6-8-16(2)22(17)25-21(27)15-26-13-7-10-18(14-26)23-24-19-11-4-5-12-20(19)28-23/h4-6,8-9,11-12,18H,3,7,10,13-15H2,1-2H3,(H,25,27)/p+1/t18-/m0/s1. The number of likely N-dealkylation sites (tertiary alicyclic amines) is 1. The number of fused-ring (bicyclic) bond motifs is 1. The maximum Gasteiger partial charge on any atom is 0.279 e. The molecule has 1 aliphatic rings. The van der Waals surface area contributed by atoms with E-state index in [1.54, 1.807) is 0 Å². The Morgan fingerprint density at radius 1 is 1.25 bits per heavy atom. The topological polar surface area (TPSA) is 46.4 Å². The zero-order valence-electron chi connectivity index (χ0n) is 16.6. The molecule has 0 radical (unpaired) electrons. The van der Waals surface area contributed by atoms with Crippen molar-refractivity contribution in [1.82, 2.24) is 4.98 Å². The van der Waals surface area contributed by atoms with E-state index in [2.05, 4.69) is 55.6 Å². The quantitative estimate of drug-likeness (QED) is 0.695. The van der Waals surface area contributed by atoms with Crippen LogP contribution in [0.4, 0.5) is 5.69 Å². The average molecular weight is 395 g/mol. The van der Waals surface area contributed by atoms with E-state index in [-0.39, 0.29) is 5.91 Å². The number of nitrogens with zero attached hydrogens (tertiary/aromatic N) is 1. The number of anilines is 1. The number of amides is 1. The number of rotatable bonds is 5. The summed E-state index contributed by atoms with van der Waals surface area (Å²) in [4.78, 5) is 19.0. The van der Waals surface area contributed by atoms with Gasteiger partial charge in [-0.3, -0.25) is 4.79 Å². The van der Waals surface area contributed by atoms with Gasteiger partial charge in [-0.2, -0.15) is 0 Å². The minimum Gasteiger partial charge on any atom is -0.327 e. The molecule has 2 aromatic carbocycles. The molecule has 3 aromatic rings. The largest absolute Gasteiger partial charge is 0.327 e. The van der Waals surface area contributed by atoms with Crippen molar-refractivity contribution >= 4 is 33.1 Å². The van der Waals surface area contributed by atoms with Crippen LogP contribution in [-0.4, -0.2) is 30.5 Å². The van der Waals surface area contributed by atoms with E-state index in [1.807, 2.05) is 17.4 Å². The number of thiazole rings is 1. The molecular weight excluding hydrogens is 366 g/mol. The van der Waals surface area contributed by atoms with Crippen LogP contribution >= 0.6 is 11.3 Å². The number of hydrogen-bond donors (Lipinski definition) is 2. The summed E-state index contributed by atoms with van der Waals surface area (Å²) in [6, 6.07) is 14.6. The van der Waals surface area contributed by atoms with Gasteiger partial charge in [-0.25, -0.2) is 4.98 Å². The van der Waals surface area contributed by atoms with Gasteiger partial charge < -0.3 is 10.2 Å². The van der Waals surface area contributed by atoms with Crippen molar-refractivity contribution < 1.29 is 9.69 Å². The number of carbonyl (C=O) groups excluding carboxylic acids is 1. The lowest BCUT2D eigenvalue weighted by Gasteiger charge is -2.28. The Kier molecular flexibility index (Phi) is 5.74. The van der Waals surface area contributed by atoms with E-state index in [0.717, 1.165) is 42.7 Å². The zero-order valence-corrected chi connectivity index (χ0v) is 17.4. The number of para-hydroxylation sites is 2. The highest BCUT2D eigenvalue weighted by atomic mass is 32.1. The maximum absolute atomic E-state index is 12.7. The molecule has 4 nitrogen and oxygen atoms in total. The van der Waals surface area contributed by atoms with Gasteiger partial charge in [0.05, 0.1) is 29.2 Å². The highest BCUT2D eigenvalue weighted by molar-refractivity contribution is 7.18. The Morgan fingerprint density at radius 2 is 2.11 bits per heavy atom. The third-order valence-corrected chi connectivity index (χ3v) is 6.89. The highest BCUT2D eigenvalue weighted by Gasteiger charge is 2.28. The fraction of sp³-hybridized carbons (Fsp3) is 0.391. The van der Waals surface area contributed by atoms with E-state index in [0.29, 0.717) is 12.5 Å². The maximum atomic E-state index is 12.7. The zero-order chi connectivity index (χ0) is 19.5. The molecule has 0 saturated carbocycles. The molecule has 4 rings (SSSR count). The van der Waals surface area contributed by atoms with Gasteiger partial charge in [0, 0.05) is 5.69 Å². The molecule has 1 aliphatic heterocycles. The van der Waals surface area contributed by atoms with E-state index < -0.39 is 0 Å². The monoisotopic (exact) mass is 394 g/mol. The second kappa shape index (κ2) is 8.41. The molecule has 1 fully saturated rings. The Bertz CT molecular complexity index is 948. The summed E-state index contributed by atoms with van der Waals surface area (Å²) in [6.07, 6.45) is 3.24. The Labute approximate surface area is 170 Å². The first kappa shape index (κ1) is 19.1. The molecule has 1 saturated heterocycles. The van der Waals surface area contributed by atoms with Crippen LogP contribution in [0.2, 0.25) is 0 Å². The van der Waals surface area contributed by atoms with Crippen LogP contribution in [0.3, 0.4) is 0 Å². The molecule has 146 valence electrons. The summed E-state index contributed by atoms with van der Waals surface area (Å²) in [7, 11) is 0. The predicted molar refractivity (Wildman–Crippen MR) is 116 cm³/mol. The molecule has 0 spiro atoms. The number of nitrogens with one attached hydrogen (secondary N) is 2. The molecule has 0 aliphatic carbocycles. The van der Waals surface area contributed by atoms with Gasteiger partial charge in [-0.1, -0.05) is 37.3 Å². The fourth-order valence-electron chi connectivity index (χ4n) is 4.20. The summed E-state index contributed by atoms with van der Waals surface area (Å²) < 4.78 is 1.26. The van der Waals surface area contributed by atoms with Crippen molar-refractivity contribution in [2.75, 3.05) is 25.0 Å². The number of carbonyl (C=O) groups is 1. The lowest BCUT2D eigenvalue weighted by atomic mass is 9.98. The molecule has 2 heterocycles. The average Bonchev–Trinajstić information content (AvgIpc) is 3.14. The molecular formula is C23H28N3OS+. The van der Waals surface area contributed by atoms with E-state index in [1.165, 1.54) is 26.6 Å². The van der Waals surface area contributed by atoms with E-state index in [4.69, 9.17) is 4.98 Å². The minimum atomic E-state index is 0.115. The van der Waals surface area contributed by atoms with Crippen molar-refractivity contribution in [3.8, 4) is 0 Å². The van der Waals surface area contributed by atoms with Crippen LogP contribution in [-0.2, 0) is 11.2 Å². The van der Waals surface area contributed by atoms with Crippen molar-refractivity contribution in [2.24, 2.45) is 0 Å².